The summed E-state index contributed by atoms with van der Waals surface area (Å²) in [7, 11) is -3.30. The predicted octanol–water partition coefficient (Wildman–Crippen LogP) is 3.08. The van der Waals surface area contributed by atoms with E-state index in [0.717, 1.165) is 6.42 Å². The molecule has 0 atom stereocenters. The third-order valence-corrected chi connectivity index (χ3v) is 5.46. The van der Waals surface area contributed by atoms with Gasteiger partial charge in [0.05, 0.1) is 15.9 Å². The summed E-state index contributed by atoms with van der Waals surface area (Å²) in [6.07, 6.45) is -2.80. The topological polar surface area (TPSA) is 64.0 Å². The van der Waals surface area contributed by atoms with Crippen molar-refractivity contribution in [2.45, 2.75) is 45.8 Å². The van der Waals surface area contributed by atoms with Gasteiger partial charge in [0, 0.05) is 13.1 Å². The highest BCUT2D eigenvalue weighted by Crippen LogP contribution is 2.35. The average molecular weight is 406 g/mol. The van der Waals surface area contributed by atoms with E-state index < -0.39 is 21.9 Å². The first-order chi connectivity index (χ1) is 10.1. The Morgan fingerprint density at radius 3 is 2.45 bits per heavy atom. The van der Waals surface area contributed by atoms with Gasteiger partial charge in [-0.3, -0.25) is 4.68 Å². The highest BCUT2D eigenvalue weighted by molar-refractivity contribution is 9.10. The molecule has 0 aliphatic heterocycles. The molecular weight excluding hydrogens is 387 g/mol. The highest BCUT2D eigenvalue weighted by Gasteiger charge is 2.37. The van der Waals surface area contributed by atoms with Gasteiger partial charge in [0.25, 0.3) is 0 Å². The molecule has 0 aliphatic rings. The lowest BCUT2D eigenvalue weighted by molar-refractivity contribution is -0.142. The molecule has 1 aromatic heterocycles. The van der Waals surface area contributed by atoms with E-state index in [1.54, 1.807) is 0 Å². The Bertz CT molecular complexity index is 599. The number of sulfonamides is 1. The van der Waals surface area contributed by atoms with Crippen molar-refractivity contribution in [3.8, 4) is 0 Å². The van der Waals surface area contributed by atoms with Gasteiger partial charge in [-0.05, 0) is 35.7 Å². The van der Waals surface area contributed by atoms with Crippen LogP contribution in [0.5, 0.6) is 0 Å². The summed E-state index contributed by atoms with van der Waals surface area (Å²) < 4.78 is 64.8. The van der Waals surface area contributed by atoms with Crippen molar-refractivity contribution in [2.75, 3.05) is 12.3 Å². The molecule has 0 spiro atoms. The molecule has 1 heterocycles. The molecule has 0 aromatic carbocycles. The van der Waals surface area contributed by atoms with Gasteiger partial charge in [-0.2, -0.15) is 18.3 Å². The first-order valence-electron chi connectivity index (χ1n) is 6.86. The van der Waals surface area contributed by atoms with Crippen LogP contribution in [0.3, 0.4) is 0 Å². The molecule has 128 valence electrons. The summed E-state index contributed by atoms with van der Waals surface area (Å²) in [6, 6.07) is 0. The van der Waals surface area contributed by atoms with Crippen LogP contribution in [0, 0.1) is 6.92 Å². The molecule has 1 aromatic rings. The molecule has 0 aliphatic carbocycles. The van der Waals surface area contributed by atoms with Crippen LogP contribution in [0.4, 0.5) is 13.2 Å². The van der Waals surface area contributed by atoms with Crippen LogP contribution < -0.4 is 4.72 Å². The van der Waals surface area contributed by atoms with Gasteiger partial charge in [0.2, 0.25) is 10.0 Å². The third kappa shape index (κ3) is 5.54. The zero-order chi connectivity index (χ0) is 17.0. The van der Waals surface area contributed by atoms with E-state index in [9.17, 15) is 21.6 Å². The number of rotatable bonds is 8. The van der Waals surface area contributed by atoms with E-state index in [1.165, 1.54) is 11.6 Å². The number of nitrogens with one attached hydrogen (secondary N) is 1. The van der Waals surface area contributed by atoms with Crippen molar-refractivity contribution in [3.05, 3.63) is 15.9 Å². The van der Waals surface area contributed by atoms with Crippen LogP contribution in [0.25, 0.3) is 0 Å². The molecular formula is C12H19BrF3N3O2S. The van der Waals surface area contributed by atoms with E-state index in [2.05, 4.69) is 25.8 Å². The number of hydrogen-bond donors (Lipinski definition) is 1. The molecule has 0 fully saturated rings. The molecule has 0 unspecified atom stereocenters. The smallest absolute Gasteiger partial charge is 0.268 e. The van der Waals surface area contributed by atoms with Gasteiger partial charge in [-0.25, -0.2) is 13.1 Å². The monoisotopic (exact) mass is 405 g/mol. The molecule has 0 bridgehead atoms. The number of aromatic nitrogens is 2. The average Bonchev–Trinajstić information content (AvgIpc) is 2.69. The number of halogens is 4. The van der Waals surface area contributed by atoms with Crippen molar-refractivity contribution in [3.63, 3.8) is 0 Å². The Kier molecular flexibility index (Phi) is 6.87. The van der Waals surface area contributed by atoms with Crippen LogP contribution in [0.2, 0.25) is 0 Å². The SMILES string of the molecule is CCCCS(=O)(=O)NCCCn1nc(C(F)(F)F)c(Br)c1C. The van der Waals surface area contributed by atoms with Gasteiger partial charge < -0.3 is 0 Å². The van der Waals surface area contributed by atoms with Gasteiger partial charge in [0.1, 0.15) is 0 Å². The fourth-order valence-electron chi connectivity index (χ4n) is 1.79. The van der Waals surface area contributed by atoms with Crippen molar-refractivity contribution in [1.29, 1.82) is 0 Å². The summed E-state index contributed by atoms with van der Waals surface area (Å²) in [5.74, 6) is 0.0636. The van der Waals surface area contributed by atoms with Gasteiger partial charge >= 0.3 is 6.18 Å². The molecule has 1 rings (SSSR count). The highest BCUT2D eigenvalue weighted by atomic mass is 79.9. The van der Waals surface area contributed by atoms with Crippen LogP contribution in [0.15, 0.2) is 4.47 Å². The van der Waals surface area contributed by atoms with Crippen molar-refractivity contribution >= 4 is 26.0 Å². The summed E-state index contributed by atoms with van der Waals surface area (Å²) in [5, 5.41) is 3.53. The lowest BCUT2D eigenvalue weighted by Crippen LogP contribution is -2.28. The standard InChI is InChI=1S/C12H19BrF3N3O2S/c1-3-4-8-22(20,21)17-6-5-7-19-9(2)10(13)11(18-19)12(14,15)16/h17H,3-8H2,1-2H3. The maximum Gasteiger partial charge on any atom is 0.436 e. The second kappa shape index (κ2) is 7.78. The summed E-state index contributed by atoms with van der Waals surface area (Å²) in [6.45, 7) is 3.80. The second-order valence-electron chi connectivity index (χ2n) is 4.89. The van der Waals surface area contributed by atoms with Crippen LogP contribution >= 0.6 is 15.9 Å². The van der Waals surface area contributed by atoms with Crippen molar-refractivity contribution < 1.29 is 21.6 Å². The van der Waals surface area contributed by atoms with Crippen LogP contribution in [-0.4, -0.2) is 30.5 Å². The lowest BCUT2D eigenvalue weighted by atomic mass is 10.3. The zero-order valence-corrected chi connectivity index (χ0v) is 14.8. The minimum atomic E-state index is -4.52. The number of hydrogen-bond acceptors (Lipinski definition) is 3. The predicted molar refractivity (Wildman–Crippen MR) is 81.0 cm³/mol. The minimum Gasteiger partial charge on any atom is -0.268 e. The van der Waals surface area contributed by atoms with E-state index >= 15 is 0 Å². The van der Waals surface area contributed by atoms with Gasteiger partial charge in [0.15, 0.2) is 5.69 Å². The van der Waals surface area contributed by atoms with Gasteiger partial charge in [-0.15, -0.1) is 0 Å². The quantitative estimate of drug-likeness (QED) is 0.675. The van der Waals surface area contributed by atoms with E-state index in [0.29, 0.717) is 18.5 Å². The Morgan fingerprint density at radius 2 is 1.95 bits per heavy atom. The van der Waals surface area contributed by atoms with E-state index in [-0.39, 0.29) is 23.3 Å². The Morgan fingerprint density at radius 1 is 1.32 bits per heavy atom. The number of alkyl halides is 3. The van der Waals surface area contributed by atoms with Crippen molar-refractivity contribution in [2.24, 2.45) is 0 Å². The first kappa shape index (κ1) is 19.4. The Balaban J connectivity index is 2.56. The maximum absolute atomic E-state index is 12.7. The molecule has 0 saturated heterocycles. The zero-order valence-electron chi connectivity index (χ0n) is 12.4. The molecule has 5 nitrogen and oxygen atoms in total. The second-order valence-corrected chi connectivity index (χ2v) is 7.61. The Labute approximate surface area is 136 Å². The number of aryl methyl sites for hydroxylation is 1. The molecule has 0 saturated carbocycles. The van der Waals surface area contributed by atoms with Crippen LogP contribution in [-0.2, 0) is 22.7 Å². The van der Waals surface area contributed by atoms with E-state index in [4.69, 9.17) is 0 Å². The molecule has 0 amide bonds. The number of unbranched alkanes of at least 4 members (excludes halogenated alkanes) is 1. The van der Waals surface area contributed by atoms with E-state index in [1.807, 2.05) is 6.92 Å². The largest absolute Gasteiger partial charge is 0.436 e. The summed E-state index contributed by atoms with van der Waals surface area (Å²) in [4.78, 5) is 0. The molecule has 0 radical (unpaired) electrons. The normalized spacial score (nSPS) is 12.8. The fraction of sp³-hybridized carbons (Fsp3) is 0.750. The molecule has 1 N–H and O–H groups in total. The summed E-state index contributed by atoms with van der Waals surface area (Å²) in [5.41, 5.74) is -0.602. The lowest BCUT2D eigenvalue weighted by Gasteiger charge is -2.07. The molecule has 22 heavy (non-hydrogen) atoms. The summed E-state index contributed by atoms with van der Waals surface area (Å²) >= 11 is 2.89. The molecule has 10 heteroatoms. The fourth-order valence-corrected chi connectivity index (χ4v) is 3.56. The van der Waals surface area contributed by atoms with Crippen molar-refractivity contribution in [1.82, 2.24) is 14.5 Å². The third-order valence-electron chi connectivity index (χ3n) is 3.04. The Hall–Kier alpha value is -0.610. The first-order valence-corrected chi connectivity index (χ1v) is 9.30. The van der Waals surface area contributed by atoms with Crippen LogP contribution in [0.1, 0.15) is 37.6 Å². The minimum absolute atomic E-state index is 0.0636. The maximum atomic E-state index is 12.7. The number of nitrogens with zero attached hydrogens (tertiary/aromatic N) is 2. The van der Waals surface area contributed by atoms with Gasteiger partial charge in [-0.1, -0.05) is 13.3 Å².